The van der Waals surface area contributed by atoms with Gasteiger partial charge in [0.25, 0.3) is 5.69 Å². The Bertz CT molecular complexity index is 679. The molecule has 0 aliphatic carbocycles. The summed E-state index contributed by atoms with van der Waals surface area (Å²) in [5.74, 6) is 0.739. The molecule has 1 heterocycles. The summed E-state index contributed by atoms with van der Waals surface area (Å²) < 4.78 is 0. The molecule has 0 atom stereocenters. The molecule has 0 aliphatic rings. The molecule has 110 valence electrons. The summed E-state index contributed by atoms with van der Waals surface area (Å²) >= 11 is 11.9. The molecular weight excluding hydrogens is 315 g/mol. The van der Waals surface area contributed by atoms with E-state index in [0.717, 1.165) is 0 Å². The molecule has 0 amide bonds. The number of rotatable bonds is 5. The minimum atomic E-state index is -0.475. The fraction of sp³-hybridized carbons (Fsp3) is 0.154. The molecule has 0 radical (unpaired) electrons. The van der Waals surface area contributed by atoms with Crippen LogP contribution in [-0.2, 0) is 0 Å². The highest BCUT2D eigenvalue weighted by Crippen LogP contribution is 2.29. The standard InChI is InChI=1S/C13H12Cl2N4O2/c1-2-16-12-6-9(19(20)21)7-13(18-12)17-11-4-3-8(14)5-10(11)15/h3-7H,2H2,1H3,(H2,16,17,18). The van der Waals surface area contributed by atoms with E-state index in [4.69, 9.17) is 23.2 Å². The maximum Gasteiger partial charge on any atom is 0.276 e. The molecule has 0 spiro atoms. The van der Waals surface area contributed by atoms with Gasteiger partial charge in [0.15, 0.2) is 0 Å². The Hall–Kier alpha value is -2.05. The lowest BCUT2D eigenvalue weighted by Crippen LogP contribution is -2.03. The fourth-order valence-corrected chi connectivity index (χ4v) is 2.14. The van der Waals surface area contributed by atoms with Crippen molar-refractivity contribution in [2.24, 2.45) is 0 Å². The van der Waals surface area contributed by atoms with Gasteiger partial charge in [0.05, 0.1) is 27.8 Å². The van der Waals surface area contributed by atoms with Gasteiger partial charge in [-0.05, 0) is 25.1 Å². The third-order valence-electron chi connectivity index (χ3n) is 2.57. The predicted molar refractivity (Wildman–Crippen MR) is 84.8 cm³/mol. The van der Waals surface area contributed by atoms with Gasteiger partial charge in [0, 0.05) is 11.6 Å². The number of nitro groups is 1. The number of pyridine rings is 1. The lowest BCUT2D eigenvalue weighted by atomic mass is 10.3. The Labute approximate surface area is 131 Å². The molecule has 1 aromatic carbocycles. The van der Waals surface area contributed by atoms with E-state index in [1.165, 1.54) is 12.1 Å². The van der Waals surface area contributed by atoms with Gasteiger partial charge >= 0.3 is 0 Å². The van der Waals surface area contributed by atoms with Crippen LogP contribution >= 0.6 is 23.2 Å². The number of nitrogens with zero attached hydrogens (tertiary/aromatic N) is 2. The van der Waals surface area contributed by atoms with Crippen molar-refractivity contribution in [3.8, 4) is 0 Å². The minimum absolute atomic E-state index is 0.0615. The summed E-state index contributed by atoms with van der Waals surface area (Å²) in [7, 11) is 0. The third kappa shape index (κ3) is 3.96. The highest BCUT2D eigenvalue weighted by Gasteiger charge is 2.12. The second kappa shape index (κ2) is 6.60. The van der Waals surface area contributed by atoms with Crippen LogP contribution in [0.1, 0.15) is 6.92 Å². The molecule has 1 aromatic heterocycles. The van der Waals surface area contributed by atoms with Crippen LogP contribution in [0.25, 0.3) is 0 Å². The van der Waals surface area contributed by atoms with Crippen molar-refractivity contribution in [1.29, 1.82) is 0 Å². The number of benzene rings is 1. The van der Waals surface area contributed by atoms with Crippen molar-refractivity contribution in [3.63, 3.8) is 0 Å². The second-order valence-electron chi connectivity index (χ2n) is 4.13. The van der Waals surface area contributed by atoms with E-state index >= 15 is 0 Å². The van der Waals surface area contributed by atoms with E-state index < -0.39 is 4.92 Å². The van der Waals surface area contributed by atoms with Crippen LogP contribution in [-0.4, -0.2) is 16.5 Å². The van der Waals surface area contributed by atoms with Gasteiger partial charge in [0.2, 0.25) is 0 Å². The van der Waals surface area contributed by atoms with E-state index in [9.17, 15) is 10.1 Å². The maximum atomic E-state index is 11.0. The van der Waals surface area contributed by atoms with Gasteiger partial charge in [-0.3, -0.25) is 10.1 Å². The molecule has 0 aliphatic heterocycles. The Kier molecular flexibility index (Phi) is 4.82. The highest BCUT2D eigenvalue weighted by molar-refractivity contribution is 6.36. The molecule has 6 nitrogen and oxygen atoms in total. The van der Waals surface area contributed by atoms with Crippen LogP contribution in [0.4, 0.5) is 23.0 Å². The smallest absolute Gasteiger partial charge is 0.276 e. The Balaban J connectivity index is 2.36. The molecule has 2 rings (SSSR count). The lowest BCUT2D eigenvalue weighted by Gasteiger charge is -2.10. The van der Waals surface area contributed by atoms with E-state index in [2.05, 4.69) is 15.6 Å². The molecule has 0 fully saturated rings. The zero-order valence-electron chi connectivity index (χ0n) is 11.1. The van der Waals surface area contributed by atoms with Gasteiger partial charge in [-0.25, -0.2) is 4.98 Å². The number of hydrogen-bond donors (Lipinski definition) is 2. The zero-order valence-corrected chi connectivity index (χ0v) is 12.6. The molecule has 8 heteroatoms. The Morgan fingerprint density at radius 1 is 1.24 bits per heavy atom. The molecule has 0 saturated carbocycles. The van der Waals surface area contributed by atoms with Crippen LogP contribution in [0.2, 0.25) is 10.0 Å². The Morgan fingerprint density at radius 2 is 1.95 bits per heavy atom. The predicted octanol–water partition coefficient (Wildman–Crippen LogP) is 4.47. The SMILES string of the molecule is CCNc1cc([N+](=O)[O-])cc(Nc2ccc(Cl)cc2Cl)n1. The molecule has 0 unspecified atom stereocenters. The maximum absolute atomic E-state index is 11.0. The minimum Gasteiger partial charge on any atom is -0.370 e. The molecular formula is C13H12Cl2N4O2. The lowest BCUT2D eigenvalue weighted by molar-refractivity contribution is -0.384. The number of aromatic nitrogens is 1. The zero-order chi connectivity index (χ0) is 15.4. The van der Waals surface area contributed by atoms with Crippen molar-refractivity contribution >= 4 is 46.2 Å². The first-order chi connectivity index (χ1) is 9.99. The Morgan fingerprint density at radius 3 is 2.57 bits per heavy atom. The van der Waals surface area contributed by atoms with E-state index in [0.29, 0.717) is 33.9 Å². The fourth-order valence-electron chi connectivity index (χ4n) is 1.69. The van der Waals surface area contributed by atoms with Crippen LogP contribution in [0, 0.1) is 10.1 Å². The normalized spacial score (nSPS) is 10.2. The van der Waals surface area contributed by atoms with Gasteiger partial charge in [-0.15, -0.1) is 0 Å². The summed E-state index contributed by atoms with van der Waals surface area (Å²) in [6.07, 6.45) is 0. The van der Waals surface area contributed by atoms with Gasteiger partial charge < -0.3 is 10.6 Å². The summed E-state index contributed by atoms with van der Waals surface area (Å²) in [6, 6.07) is 7.63. The summed E-state index contributed by atoms with van der Waals surface area (Å²) in [5, 5.41) is 17.8. The van der Waals surface area contributed by atoms with Crippen molar-refractivity contribution < 1.29 is 4.92 Å². The summed E-state index contributed by atoms with van der Waals surface area (Å²) in [4.78, 5) is 14.7. The number of hydrogen-bond acceptors (Lipinski definition) is 5. The topological polar surface area (TPSA) is 80.1 Å². The average molecular weight is 327 g/mol. The van der Waals surface area contributed by atoms with Crippen molar-refractivity contribution in [2.45, 2.75) is 6.92 Å². The summed E-state index contributed by atoms with van der Waals surface area (Å²) in [6.45, 7) is 2.49. The van der Waals surface area contributed by atoms with Gasteiger partial charge in [0.1, 0.15) is 11.6 Å². The third-order valence-corrected chi connectivity index (χ3v) is 3.12. The van der Waals surface area contributed by atoms with E-state index in [1.807, 2.05) is 6.92 Å². The number of anilines is 3. The van der Waals surface area contributed by atoms with Crippen molar-refractivity contribution in [1.82, 2.24) is 4.98 Å². The van der Waals surface area contributed by atoms with Crippen LogP contribution in [0.15, 0.2) is 30.3 Å². The molecule has 2 N–H and O–H groups in total. The van der Waals surface area contributed by atoms with Crippen LogP contribution < -0.4 is 10.6 Å². The number of halogens is 2. The van der Waals surface area contributed by atoms with E-state index in [1.54, 1.807) is 18.2 Å². The van der Waals surface area contributed by atoms with Crippen molar-refractivity contribution in [2.75, 3.05) is 17.2 Å². The number of nitrogens with one attached hydrogen (secondary N) is 2. The van der Waals surface area contributed by atoms with Crippen LogP contribution in [0.5, 0.6) is 0 Å². The molecule has 21 heavy (non-hydrogen) atoms. The second-order valence-corrected chi connectivity index (χ2v) is 4.98. The molecule has 0 saturated heterocycles. The molecule has 0 bridgehead atoms. The first-order valence-electron chi connectivity index (χ1n) is 6.12. The first kappa shape index (κ1) is 15.3. The highest BCUT2D eigenvalue weighted by atomic mass is 35.5. The first-order valence-corrected chi connectivity index (χ1v) is 6.87. The van der Waals surface area contributed by atoms with Gasteiger partial charge in [-0.1, -0.05) is 23.2 Å². The molecule has 2 aromatic rings. The monoisotopic (exact) mass is 326 g/mol. The largest absolute Gasteiger partial charge is 0.370 e. The quantitative estimate of drug-likeness (QED) is 0.625. The van der Waals surface area contributed by atoms with Crippen LogP contribution in [0.3, 0.4) is 0 Å². The van der Waals surface area contributed by atoms with Gasteiger partial charge in [-0.2, -0.15) is 0 Å². The van der Waals surface area contributed by atoms with E-state index in [-0.39, 0.29) is 5.69 Å². The van der Waals surface area contributed by atoms with Crippen molar-refractivity contribution in [3.05, 3.63) is 50.5 Å². The average Bonchev–Trinajstić information content (AvgIpc) is 2.42. The summed E-state index contributed by atoms with van der Waals surface area (Å²) in [5.41, 5.74) is 0.505.